The number of nitrogens with zero attached hydrogens (tertiary/aromatic N) is 13. The van der Waals surface area contributed by atoms with Crippen LogP contribution in [0.3, 0.4) is 0 Å². The summed E-state index contributed by atoms with van der Waals surface area (Å²) in [5.41, 5.74) is 24.9. The Kier molecular flexibility index (Phi) is 28.7. The van der Waals surface area contributed by atoms with Gasteiger partial charge in [-0.15, -0.1) is 0 Å². The van der Waals surface area contributed by atoms with Gasteiger partial charge in [0.05, 0.1) is 111 Å². The number of halogens is 6. The second-order valence-electron chi connectivity index (χ2n) is 36.5. The summed E-state index contributed by atoms with van der Waals surface area (Å²) < 4.78 is 41.4. The van der Waals surface area contributed by atoms with Crippen molar-refractivity contribution in [3.63, 3.8) is 0 Å². The van der Waals surface area contributed by atoms with E-state index in [0.717, 1.165) is 183 Å². The van der Waals surface area contributed by atoms with Crippen molar-refractivity contribution in [2.45, 2.75) is 187 Å². The van der Waals surface area contributed by atoms with Crippen molar-refractivity contribution in [2.75, 3.05) is 32.9 Å². The Bertz CT molecular complexity index is 7400. The number of aromatic nitrogens is 10. The number of ether oxygens (including phenoxy) is 3. The second kappa shape index (κ2) is 40.2. The molecule has 0 bridgehead atoms. The normalized spacial score (nSPS) is 14.7. The van der Waals surface area contributed by atoms with Gasteiger partial charge < -0.3 is 66.8 Å². The predicted molar refractivity (Wildman–Crippen MR) is 541 cm³/mol. The molecule has 6 aromatic carbocycles. The average molecular weight is 2000 g/mol. The summed E-state index contributed by atoms with van der Waals surface area (Å²) in [7, 11) is 5.75. The molecule has 0 saturated heterocycles. The highest BCUT2D eigenvalue weighted by molar-refractivity contribution is 6.37. The topological polar surface area (TPSA) is 308 Å². The van der Waals surface area contributed by atoms with Crippen molar-refractivity contribution < 1.29 is 67.1 Å². The first-order valence-corrected chi connectivity index (χ1v) is 48.4. The highest BCUT2D eigenvalue weighted by Gasteiger charge is 2.43. The van der Waals surface area contributed by atoms with E-state index in [0.29, 0.717) is 127 Å². The summed E-state index contributed by atoms with van der Waals surface area (Å²) in [5, 5.41) is 48.9. The number of benzene rings is 6. The van der Waals surface area contributed by atoms with E-state index in [1.54, 1.807) is 28.0 Å². The van der Waals surface area contributed by atoms with Gasteiger partial charge in [0, 0.05) is 135 Å². The molecule has 0 fully saturated rings. The van der Waals surface area contributed by atoms with Gasteiger partial charge >= 0.3 is 17.9 Å². The molecule has 12 heterocycles. The molecule has 3 aliphatic rings. The molecule has 1 unspecified atom stereocenters. The molecule has 0 radical (unpaired) electrons. The molecule has 3 atom stereocenters. The number of pyridine rings is 1. The summed E-state index contributed by atoms with van der Waals surface area (Å²) in [5.74, 6) is -0.945. The molecule has 3 aliphatic heterocycles. The van der Waals surface area contributed by atoms with Crippen LogP contribution in [0.1, 0.15) is 216 Å². The van der Waals surface area contributed by atoms with Crippen LogP contribution in [-0.2, 0) is 66.6 Å². The van der Waals surface area contributed by atoms with Gasteiger partial charge in [-0.05, 0) is 283 Å². The second-order valence-corrected chi connectivity index (χ2v) is 38.8. The van der Waals surface area contributed by atoms with E-state index in [-0.39, 0.29) is 72.6 Å². The van der Waals surface area contributed by atoms with E-state index in [1.807, 2.05) is 203 Å². The maximum absolute atomic E-state index is 14.7. The van der Waals surface area contributed by atoms with Crippen LogP contribution < -0.4 is 14.2 Å². The molecule has 9 aromatic heterocycles. The Hall–Kier alpha value is -12.8. The van der Waals surface area contributed by atoms with E-state index in [9.17, 15) is 44.1 Å². The van der Waals surface area contributed by atoms with E-state index in [1.165, 1.54) is 24.4 Å². The molecular formula is C106H109Cl6N13O14. The van der Waals surface area contributed by atoms with Crippen molar-refractivity contribution >= 4 is 138 Å². The monoisotopic (exact) mass is 2000 g/mol. The zero-order valence-electron chi connectivity index (χ0n) is 80.7. The van der Waals surface area contributed by atoms with Crippen LogP contribution in [0.15, 0.2) is 124 Å². The molecule has 15 aromatic rings. The third-order valence-corrected chi connectivity index (χ3v) is 29.9. The van der Waals surface area contributed by atoms with Gasteiger partial charge in [-0.1, -0.05) is 87.8 Å². The van der Waals surface area contributed by atoms with Crippen molar-refractivity contribution in [1.29, 1.82) is 0 Å². The largest absolute Gasteiger partial charge is 0.494 e. The molecule has 3 N–H and O–H groups in total. The first-order chi connectivity index (χ1) is 66.1. The van der Waals surface area contributed by atoms with Gasteiger partial charge in [-0.25, -0.2) is 14.4 Å². The quantitative estimate of drug-likeness (QED) is 0.0403. The number of rotatable bonds is 27. The average Bonchev–Trinajstić information content (AvgIpc) is 1.56. The van der Waals surface area contributed by atoms with Crippen molar-refractivity contribution in [3.05, 3.63) is 281 Å². The van der Waals surface area contributed by atoms with Gasteiger partial charge in [0.15, 0.2) is 0 Å². The molecule has 3 amide bonds. The summed E-state index contributed by atoms with van der Waals surface area (Å²) in [6.45, 7) is 33.3. The number of aryl methyl sites for hydroxylation is 15. The maximum Gasteiger partial charge on any atom is 0.371 e. The first kappa shape index (κ1) is 99.3. The molecule has 0 aliphatic carbocycles. The minimum absolute atomic E-state index is 0.101. The fourth-order valence-electron chi connectivity index (χ4n) is 20.1. The van der Waals surface area contributed by atoms with Crippen LogP contribution in [0.5, 0.6) is 17.2 Å². The highest BCUT2D eigenvalue weighted by atomic mass is 35.5. The Labute approximate surface area is 834 Å². The highest BCUT2D eigenvalue weighted by Crippen LogP contribution is 2.50. The fraction of sp³-hybridized carbons (Fsp3) is 0.340. The molecule has 139 heavy (non-hydrogen) atoms. The lowest BCUT2D eigenvalue weighted by Crippen LogP contribution is -2.48. The number of carbonyl (C=O) groups is 6. The van der Waals surface area contributed by atoms with Crippen LogP contribution in [0, 0.1) is 83.1 Å². The van der Waals surface area contributed by atoms with Gasteiger partial charge in [-0.2, -0.15) is 15.3 Å². The van der Waals surface area contributed by atoms with Gasteiger partial charge in [0.2, 0.25) is 11.5 Å². The molecular weight excluding hydrogens is 1890 g/mol. The summed E-state index contributed by atoms with van der Waals surface area (Å²) in [6.07, 6.45) is 5.13. The number of furan rings is 2. The molecule has 724 valence electrons. The Morgan fingerprint density at radius 1 is 0.417 bits per heavy atom. The van der Waals surface area contributed by atoms with E-state index in [2.05, 4.69) is 42.7 Å². The third kappa shape index (κ3) is 19.0. The standard InChI is InChI=1S/C37H39Cl2N5O4.C35H36Cl2N4O5.C34H34Cl2N4O5/c1-19-15-27(16-20(2)33(19)39)48-14-8-9-28-29-12-13-30(38)32(31-21(3)41-42(7)24(31)6)34(29)44-23(5)22(4)43(36(45)35(28)44)18-26-11-10-25(17-40-26)37(46)47;1-18-14-24(15-19(2)31(18)37)45-13-7-8-25-26-10-11-27(36)30(29-21(4)38-39(6)22(29)5)32(26)41-20(3)16-40(34(42)33(25)41)17-23-9-12-28(46-23)35(43)44;1-18-15-23(16-19(2)30(18)36)44-14-6-7-24-25-9-10-26(35)29(28-20(3)37-38(5)21(28)4)31(25)40-13-12-39(33(41)32(24)40)17-22-8-11-27(45-22)34(42)43/h10-13,15-17,22-23H,8-9,14,18H2,1-7H3,(H,46,47);9-12,14-15,20H,7-8,13,16-17H2,1-6H3,(H,43,44);8-11,15-16H,6-7,12-14,17H2,1-5H3,(H,42,43)/t22-,23?;20-;/m10./s1. The van der Waals surface area contributed by atoms with E-state index >= 15 is 0 Å². The Balaban J connectivity index is 0.000000151. The SMILES string of the molecule is Cc1cc(OCCCc2c3n(c4c(-c5c(C)nn(C)c5C)c(Cl)ccc24)C(C)[C@@H](C)N(Cc2ccc(C(=O)O)cn2)C3=O)cc(C)c1Cl.Cc1cc(OCCCc2c3n(c4c(-c5c(C)nn(C)c5C)c(Cl)ccc24)CCN(Cc2ccc(C(=O)O)o2)C3=O)cc(C)c1Cl.Cc1cc(OCCCc2c3n(c4c(-c5c(C)nn(C)c5C)c(Cl)ccc24)[C@@H](C)CN(Cc2ccc(C(=O)O)o2)C3=O)cc(C)c1Cl. The van der Waals surface area contributed by atoms with E-state index < -0.39 is 17.9 Å². The number of hydrogen-bond acceptors (Lipinski definition) is 15. The summed E-state index contributed by atoms with van der Waals surface area (Å²) in [4.78, 5) is 87.1. The van der Waals surface area contributed by atoms with E-state index in [4.69, 9.17) is 97.7 Å². The molecule has 0 saturated carbocycles. The maximum atomic E-state index is 14.7. The Morgan fingerprint density at radius 2 is 0.791 bits per heavy atom. The minimum Gasteiger partial charge on any atom is -0.494 e. The van der Waals surface area contributed by atoms with Crippen LogP contribution in [0.2, 0.25) is 30.1 Å². The molecule has 0 spiro atoms. The van der Waals surface area contributed by atoms with Gasteiger partial charge in [0.1, 0.15) is 45.9 Å². The number of hydrogen-bond donors (Lipinski definition) is 3. The zero-order valence-corrected chi connectivity index (χ0v) is 85.3. The van der Waals surface area contributed by atoms with Crippen molar-refractivity contribution in [3.8, 4) is 50.6 Å². The van der Waals surface area contributed by atoms with Crippen molar-refractivity contribution in [1.82, 2.24) is 62.7 Å². The lowest BCUT2D eigenvalue weighted by atomic mass is 9.98. The number of carboxylic acids is 3. The number of aromatic carboxylic acids is 3. The lowest BCUT2D eigenvalue weighted by Gasteiger charge is -2.40. The van der Waals surface area contributed by atoms with Gasteiger partial charge in [-0.3, -0.25) is 33.4 Å². The van der Waals surface area contributed by atoms with Crippen LogP contribution >= 0.6 is 69.6 Å². The van der Waals surface area contributed by atoms with Crippen molar-refractivity contribution in [2.24, 2.45) is 21.1 Å². The van der Waals surface area contributed by atoms with Crippen LogP contribution in [0.25, 0.3) is 66.1 Å². The van der Waals surface area contributed by atoms with Crippen LogP contribution in [-0.4, -0.2) is 153 Å². The first-order valence-electron chi connectivity index (χ1n) is 46.1. The third-order valence-electron chi connectivity index (χ3n) is 27.1. The smallest absolute Gasteiger partial charge is 0.371 e. The minimum atomic E-state index is -1.15. The molecule has 27 nitrogen and oxygen atoms in total. The van der Waals surface area contributed by atoms with Crippen LogP contribution in [0.4, 0.5) is 0 Å². The summed E-state index contributed by atoms with van der Waals surface area (Å²) >= 11 is 40.0. The number of fused-ring (bicyclic) bond motifs is 9. The number of carboxylic acid groups (broad SMARTS) is 3. The summed E-state index contributed by atoms with van der Waals surface area (Å²) in [6, 6.07) is 32.2. The number of carbonyl (C=O) groups excluding carboxylic acids is 3. The van der Waals surface area contributed by atoms with Gasteiger partial charge in [0.25, 0.3) is 17.7 Å². The predicted octanol–water partition coefficient (Wildman–Crippen LogP) is 23.9. The lowest BCUT2D eigenvalue weighted by molar-refractivity contribution is 0.0539. The number of amides is 3. The Morgan fingerprint density at radius 3 is 1.17 bits per heavy atom. The molecule has 18 rings (SSSR count). The molecule has 33 heteroatoms. The fourth-order valence-corrected chi connectivity index (χ4v) is 21.2. The zero-order chi connectivity index (χ0) is 99.8.